The number of guanidine groups is 1. The average molecular weight is 450 g/mol. The van der Waals surface area contributed by atoms with Gasteiger partial charge in [0.1, 0.15) is 5.75 Å². The number of aryl methyl sites for hydroxylation is 1. The standard InChI is InChI=1S/C16H26N4O3.HI/c1-12-5-6-13(14(9-12)23-4)10-19-16(17-2)20-11-15(21)18-7-8-22-3;/h5-6,9H,7-8,10-11H2,1-4H3,(H,18,21)(H2,17,19,20);1H. The first-order valence-corrected chi connectivity index (χ1v) is 7.44. The molecule has 7 nitrogen and oxygen atoms in total. The number of rotatable bonds is 8. The van der Waals surface area contributed by atoms with E-state index >= 15 is 0 Å². The number of aliphatic imine (C=N–C) groups is 1. The van der Waals surface area contributed by atoms with Crippen molar-refractivity contribution in [1.82, 2.24) is 16.0 Å². The number of benzene rings is 1. The number of methoxy groups -OCH3 is 2. The summed E-state index contributed by atoms with van der Waals surface area (Å²) in [6.45, 7) is 3.70. The number of amides is 1. The quantitative estimate of drug-likeness (QED) is 0.239. The minimum absolute atomic E-state index is 0. The van der Waals surface area contributed by atoms with E-state index in [0.717, 1.165) is 16.9 Å². The van der Waals surface area contributed by atoms with Gasteiger partial charge in [0.2, 0.25) is 5.91 Å². The summed E-state index contributed by atoms with van der Waals surface area (Å²) in [4.78, 5) is 15.7. The van der Waals surface area contributed by atoms with Gasteiger partial charge in [0.25, 0.3) is 0 Å². The van der Waals surface area contributed by atoms with E-state index in [2.05, 4.69) is 20.9 Å². The highest BCUT2D eigenvalue weighted by atomic mass is 127. The molecule has 1 rings (SSSR count). The second-order valence-electron chi connectivity index (χ2n) is 4.94. The molecule has 0 radical (unpaired) electrons. The molecular formula is C16H27IN4O3. The van der Waals surface area contributed by atoms with Crippen molar-refractivity contribution >= 4 is 35.8 Å². The lowest BCUT2D eigenvalue weighted by molar-refractivity contribution is -0.120. The summed E-state index contributed by atoms with van der Waals surface area (Å²) in [6, 6.07) is 6.02. The predicted octanol–water partition coefficient (Wildman–Crippen LogP) is 1.05. The second kappa shape index (κ2) is 12.8. The van der Waals surface area contributed by atoms with E-state index in [1.54, 1.807) is 21.3 Å². The van der Waals surface area contributed by atoms with Crippen molar-refractivity contribution in [2.24, 2.45) is 4.99 Å². The second-order valence-corrected chi connectivity index (χ2v) is 4.94. The molecule has 136 valence electrons. The summed E-state index contributed by atoms with van der Waals surface area (Å²) in [7, 11) is 4.90. The van der Waals surface area contributed by atoms with E-state index in [1.807, 2.05) is 25.1 Å². The van der Waals surface area contributed by atoms with Gasteiger partial charge in [-0.05, 0) is 18.6 Å². The van der Waals surface area contributed by atoms with Crippen molar-refractivity contribution in [1.29, 1.82) is 0 Å². The van der Waals surface area contributed by atoms with Gasteiger partial charge >= 0.3 is 0 Å². The Bertz CT molecular complexity index is 538. The van der Waals surface area contributed by atoms with Crippen LogP contribution in [-0.4, -0.2) is 52.8 Å². The van der Waals surface area contributed by atoms with Gasteiger partial charge in [-0.1, -0.05) is 12.1 Å². The first-order valence-electron chi connectivity index (χ1n) is 7.44. The molecule has 0 bridgehead atoms. The lowest BCUT2D eigenvalue weighted by Crippen LogP contribution is -2.43. The van der Waals surface area contributed by atoms with Gasteiger partial charge < -0.3 is 25.4 Å². The molecule has 0 atom stereocenters. The van der Waals surface area contributed by atoms with Crippen LogP contribution in [0.25, 0.3) is 0 Å². The Labute approximate surface area is 160 Å². The number of hydrogen-bond acceptors (Lipinski definition) is 4. The highest BCUT2D eigenvalue weighted by Gasteiger charge is 2.06. The van der Waals surface area contributed by atoms with Crippen molar-refractivity contribution in [2.75, 3.05) is 41.0 Å². The van der Waals surface area contributed by atoms with E-state index in [1.165, 1.54) is 0 Å². The molecule has 0 unspecified atom stereocenters. The molecule has 0 aliphatic rings. The number of halogens is 1. The van der Waals surface area contributed by atoms with Crippen LogP contribution in [0.4, 0.5) is 0 Å². The molecule has 1 aromatic carbocycles. The van der Waals surface area contributed by atoms with Gasteiger partial charge in [-0.15, -0.1) is 24.0 Å². The van der Waals surface area contributed by atoms with Crippen LogP contribution in [0.2, 0.25) is 0 Å². The fourth-order valence-corrected chi connectivity index (χ4v) is 1.92. The molecule has 24 heavy (non-hydrogen) atoms. The summed E-state index contributed by atoms with van der Waals surface area (Å²) < 4.78 is 10.2. The molecule has 8 heteroatoms. The predicted molar refractivity (Wildman–Crippen MR) is 106 cm³/mol. The highest BCUT2D eigenvalue weighted by Crippen LogP contribution is 2.19. The highest BCUT2D eigenvalue weighted by molar-refractivity contribution is 14.0. The Morgan fingerprint density at radius 2 is 1.96 bits per heavy atom. The summed E-state index contributed by atoms with van der Waals surface area (Å²) >= 11 is 0. The molecule has 0 aromatic heterocycles. The van der Waals surface area contributed by atoms with Crippen LogP contribution in [0.15, 0.2) is 23.2 Å². The smallest absolute Gasteiger partial charge is 0.239 e. The Morgan fingerprint density at radius 3 is 2.58 bits per heavy atom. The molecule has 0 saturated carbocycles. The van der Waals surface area contributed by atoms with Crippen molar-refractivity contribution < 1.29 is 14.3 Å². The lowest BCUT2D eigenvalue weighted by Gasteiger charge is -2.14. The molecular weight excluding hydrogens is 423 g/mol. The van der Waals surface area contributed by atoms with Crippen LogP contribution < -0.4 is 20.7 Å². The first kappa shape index (κ1) is 22.4. The van der Waals surface area contributed by atoms with Gasteiger partial charge in [0.05, 0.1) is 20.3 Å². The molecule has 0 spiro atoms. The number of carbonyl (C=O) groups excluding carboxylic acids is 1. The molecule has 0 heterocycles. The summed E-state index contributed by atoms with van der Waals surface area (Å²) in [5, 5.41) is 8.85. The van der Waals surface area contributed by atoms with Gasteiger partial charge in [0, 0.05) is 32.8 Å². The summed E-state index contributed by atoms with van der Waals surface area (Å²) in [5.74, 6) is 1.26. The number of ether oxygens (including phenoxy) is 2. The van der Waals surface area contributed by atoms with Crippen LogP contribution in [0, 0.1) is 6.92 Å². The van der Waals surface area contributed by atoms with E-state index < -0.39 is 0 Å². The van der Waals surface area contributed by atoms with E-state index in [9.17, 15) is 4.79 Å². The SMILES string of the molecule is CN=C(NCC(=O)NCCOC)NCc1ccc(C)cc1OC.I. The van der Waals surface area contributed by atoms with Crippen LogP contribution >= 0.6 is 24.0 Å². The Kier molecular flexibility index (Phi) is 12.0. The van der Waals surface area contributed by atoms with Crippen molar-refractivity contribution in [3.8, 4) is 5.75 Å². The zero-order chi connectivity index (χ0) is 17.1. The Morgan fingerprint density at radius 1 is 1.21 bits per heavy atom. The fourth-order valence-electron chi connectivity index (χ4n) is 1.92. The molecule has 0 saturated heterocycles. The number of hydrogen-bond donors (Lipinski definition) is 3. The van der Waals surface area contributed by atoms with Crippen LogP contribution in [0.1, 0.15) is 11.1 Å². The van der Waals surface area contributed by atoms with E-state index in [-0.39, 0.29) is 36.4 Å². The van der Waals surface area contributed by atoms with Crippen molar-refractivity contribution in [2.45, 2.75) is 13.5 Å². The molecule has 0 aliphatic carbocycles. The van der Waals surface area contributed by atoms with Crippen molar-refractivity contribution in [3.63, 3.8) is 0 Å². The van der Waals surface area contributed by atoms with Gasteiger partial charge in [0.15, 0.2) is 5.96 Å². The topological polar surface area (TPSA) is 84.0 Å². The summed E-state index contributed by atoms with van der Waals surface area (Å²) in [6.07, 6.45) is 0. The van der Waals surface area contributed by atoms with E-state index in [0.29, 0.717) is 25.7 Å². The molecule has 0 aliphatic heterocycles. The largest absolute Gasteiger partial charge is 0.496 e. The lowest BCUT2D eigenvalue weighted by atomic mass is 10.1. The van der Waals surface area contributed by atoms with Crippen molar-refractivity contribution in [3.05, 3.63) is 29.3 Å². The Hall–Kier alpha value is -1.55. The monoisotopic (exact) mass is 450 g/mol. The third kappa shape index (κ3) is 8.34. The zero-order valence-corrected chi connectivity index (χ0v) is 17.0. The van der Waals surface area contributed by atoms with Gasteiger partial charge in [-0.2, -0.15) is 0 Å². The molecule has 3 N–H and O–H groups in total. The maximum absolute atomic E-state index is 11.6. The van der Waals surface area contributed by atoms with Crippen LogP contribution in [0.5, 0.6) is 5.75 Å². The number of nitrogens with one attached hydrogen (secondary N) is 3. The molecule has 1 amide bonds. The third-order valence-electron chi connectivity index (χ3n) is 3.16. The van der Waals surface area contributed by atoms with Crippen LogP contribution in [-0.2, 0) is 16.1 Å². The molecule has 1 aromatic rings. The maximum atomic E-state index is 11.6. The first-order chi connectivity index (χ1) is 11.1. The summed E-state index contributed by atoms with van der Waals surface area (Å²) in [5.41, 5.74) is 2.16. The zero-order valence-electron chi connectivity index (χ0n) is 14.6. The van der Waals surface area contributed by atoms with Gasteiger partial charge in [-0.3, -0.25) is 9.79 Å². The fraction of sp³-hybridized carbons (Fsp3) is 0.500. The number of carbonyl (C=O) groups is 1. The van der Waals surface area contributed by atoms with Gasteiger partial charge in [-0.25, -0.2) is 0 Å². The average Bonchev–Trinajstić information content (AvgIpc) is 2.56. The minimum Gasteiger partial charge on any atom is -0.496 e. The molecule has 0 fully saturated rings. The Balaban J connectivity index is 0.00000529. The third-order valence-corrected chi connectivity index (χ3v) is 3.16. The number of nitrogens with zero attached hydrogens (tertiary/aromatic N) is 1. The van der Waals surface area contributed by atoms with E-state index in [4.69, 9.17) is 9.47 Å². The normalized spacial score (nSPS) is 10.6. The minimum atomic E-state index is -0.113. The van der Waals surface area contributed by atoms with Crippen LogP contribution in [0.3, 0.4) is 0 Å². The maximum Gasteiger partial charge on any atom is 0.239 e.